The van der Waals surface area contributed by atoms with E-state index < -0.39 is 23.0 Å². The molecule has 0 aliphatic carbocycles. The van der Waals surface area contributed by atoms with Crippen molar-refractivity contribution in [2.45, 2.75) is 38.7 Å². The van der Waals surface area contributed by atoms with Crippen molar-refractivity contribution in [3.63, 3.8) is 0 Å². The highest BCUT2D eigenvalue weighted by Crippen LogP contribution is 2.35. The molecule has 3 aromatic rings. The van der Waals surface area contributed by atoms with Crippen molar-refractivity contribution in [2.24, 2.45) is 0 Å². The van der Waals surface area contributed by atoms with Crippen molar-refractivity contribution in [1.29, 1.82) is 5.26 Å². The van der Waals surface area contributed by atoms with Gasteiger partial charge in [0.15, 0.2) is 0 Å². The van der Waals surface area contributed by atoms with Crippen LogP contribution in [-0.2, 0) is 17.3 Å². The summed E-state index contributed by atoms with van der Waals surface area (Å²) in [6.45, 7) is 4.57. The number of halogens is 4. The van der Waals surface area contributed by atoms with Gasteiger partial charge in [-0.1, -0.05) is 12.1 Å². The topological polar surface area (TPSA) is 69.1 Å². The third-order valence-corrected chi connectivity index (χ3v) is 5.72. The lowest BCUT2D eigenvalue weighted by molar-refractivity contribution is -0.137. The van der Waals surface area contributed by atoms with Gasteiger partial charge in [0.2, 0.25) is 5.43 Å². The summed E-state index contributed by atoms with van der Waals surface area (Å²) in [5, 5.41) is 9.20. The van der Waals surface area contributed by atoms with Crippen LogP contribution in [0.3, 0.4) is 0 Å². The zero-order chi connectivity index (χ0) is 23.9. The van der Waals surface area contributed by atoms with Gasteiger partial charge in [-0.25, -0.2) is 4.39 Å². The predicted molar refractivity (Wildman–Crippen MR) is 116 cm³/mol. The Kier molecular flexibility index (Phi) is 5.89. The summed E-state index contributed by atoms with van der Waals surface area (Å²) in [7, 11) is 0. The van der Waals surface area contributed by atoms with Crippen LogP contribution >= 0.6 is 0 Å². The standard InChI is InChI=1S/C24H21F4N3O2/c1-13-11-31(12-14(2)33-13)22-18(7-15-3-5-17(6-4-15)24(26,27)28)21-19(8-20(22)25)23(32)16(9-29)10-30-21/h3-6,8,10,13-14H,7,11-12H2,1-2H3,(H,30,32). The lowest BCUT2D eigenvalue weighted by atomic mass is 9.96. The number of pyridine rings is 1. The van der Waals surface area contributed by atoms with E-state index in [0.29, 0.717) is 29.7 Å². The number of H-pyrrole nitrogens is 1. The van der Waals surface area contributed by atoms with Gasteiger partial charge >= 0.3 is 6.18 Å². The summed E-state index contributed by atoms with van der Waals surface area (Å²) < 4.78 is 60.2. The van der Waals surface area contributed by atoms with Crippen molar-refractivity contribution in [2.75, 3.05) is 18.0 Å². The normalized spacial score (nSPS) is 19.0. The van der Waals surface area contributed by atoms with E-state index in [1.807, 2.05) is 18.7 Å². The lowest BCUT2D eigenvalue weighted by Gasteiger charge is -2.38. The first-order valence-corrected chi connectivity index (χ1v) is 10.4. The van der Waals surface area contributed by atoms with Crippen LogP contribution in [0.1, 0.15) is 36.1 Å². The molecule has 0 spiro atoms. The van der Waals surface area contributed by atoms with Gasteiger partial charge in [0, 0.05) is 31.3 Å². The second kappa shape index (κ2) is 8.52. The third-order valence-electron chi connectivity index (χ3n) is 5.72. The van der Waals surface area contributed by atoms with Crippen molar-refractivity contribution >= 4 is 16.6 Å². The monoisotopic (exact) mass is 459 g/mol. The first-order chi connectivity index (χ1) is 15.6. The summed E-state index contributed by atoms with van der Waals surface area (Å²) in [6, 6.07) is 7.54. The first-order valence-electron chi connectivity index (χ1n) is 10.4. The van der Waals surface area contributed by atoms with Gasteiger partial charge in [-0.05, 0) is 37.6 Å². The van der Waals surface area contributed by atoms with E-state index in [2.05, 4.69) is 4.98 Å². The highest BCUT2D eigenvalue weighted by atomic mass is 19.4. The smallest absolute Gasteiger partial charge is 0.372 e. The maximum absolute atomic E-state index is 15.5. The van der Waals surface area contributed by atoms with Crippen LogP contribution in [-0.4, -0.2) is 30.3 Å². The molecule has 0 amide bonds. The average molecular weight is 459 g/mol. The number of nitrogens with zero attached hydrogens (tertiary/aromatic N) is 2. The van der Waals surface area contributed by atoms with Gasteiger partial charge in [-0.2, -0.15) is 18.4 Å². The molecule has 9 heteroatoms. The van der Waals surface area contributed by atoms with E-state index >= 15 is 4.39 Å². The Labute approximate surface area is 187 Å². The summed E-state index contributed by atoms with van der Waals surface area (Å²) in [6.07, 6.45) is -3.43. The molecule has 1 aliphatic rings. The molecule has 1 aromatic heterocycles. The molecule has 2 unspecified atom stereocenters. The molecule has 0 radical (unpaired) electrons. The maximum atomic E-state index is 15.5. The van der Waals surface area contributed by atoms with E-state index in [1.54, 1.807) is 6.07 Å². The van der Waals surface area contributed by atoms with Gasteiger partial charge < -0.3 is 14.6 Å². The second-order valence-corrected chi connectivity index (χ2v) is 8.29. The zero-order valence-corrected chi connectivity index (χ0v) is 18.0. The number of anilines is 1. The summed E-state index contributed by atoms with van der Waals surface area (Å²) in [5.41, 5.74) is 0.0477. The number of hydrogen-bond acceptors (Lipinski definition) is 4. The van der Waals surface area contributed by atoms with Crippen LogP contribution in [0.15, 0.2) is 41.3 Å². The Morgan fingerprint density at radius 1 is 1.18 bits per heavy atom. The molecule has 4 rings (SSSR count). The Balaban J connectivity index is 1.90. The SMILES string of the molecule is CC1CN(c2c(F)cc3c(=O)c(C#N)c[nH]c3c2Cc2ccc(C(F)(F)F)cc2)CC(C)O1. The quantitative estimate of drug-likeness (QED) is 0.574. The molecule has 5 nitrogen and oxygen atoms in total. The maximum Gasteiger partial charge on any atom is 0.416 e. The van der Waals surface area contributed by atoms with Crippen LogP contribution in [0.2, 0.25) is 0 Å². The minimum Gasteiger partial charge on any atom is -0.372 e. The van der Waals surface area contributed by atoms with Gasteiger partial charge in [0.25, 0.3) is 0 Å². The molecule has 33 heavy (non-hydrogen) atoms. The number of nitriles is 1. The molecule has 172 valence electrons. The van der Waals surface area contributed by atoms with Gasteiger partial charge in [-0.15, -0.1) is 0 Å². The zero-order valence-electron chi connectivity index (χ0n) is 18.0. The number of fused-ring (bicyclic) bond motifs is 1. The summed E-state index contributed by atoms with van der Waals surface area (Å²) in [4.78, 5) is 17.5. The van der Waals surface area contributed by atoms with E-state index in [-0.39, 0.29) is 35.3 Å². The summed E-state index contributed by atoms with van der Waals surface area (Å²) in [5.74, 6) is -0.633. The largest absolute Gasteiger partial charge is 0.416 e. The molecule has 2 aromatic carbocycles. The Morgan fingerprint density at radius 3 is 2.39 bits per heavy atom. The molecule has 0 saturated carbocycles. The first kappa shape index (κ1) is 22.8. The number of alkyl halides is 3. The number of hydrogen-bond donors (Lipinski definition) is 1. The van der Waals surface area contributed by atoms with Crippen LogP contribution < -0.4 is 10.3 Å². The lowest BCUT2D eigenvalue weighted by Crippen LogP contribution is -2.46. The number of aromatic nitrogens is 1. The van der Waals surface area contributed by atoms with E-state index in [4.69, 9.17) is 4.74 Å². The fourth-order valence-corrected chi connectivity index (χ4v) is 4.36. The van der Waals surface area contributed by atoms with Crippen molar-refractivity contribution in [3.05, 3.63) is 74.8 Å². The number of nitrogens with one attached hydrogen (secondary N) is 1. The highest BCUT2D eigenvalue weighted by Gasteiger charge is 2.31. The van der Waals surface area contributed by atoms with Gasteiger partial charge in [0.05, 0.1) is 34.4 Å². The van der Waals surface area contributed by atoms with Crippen LogP contribution in [0, 0.1) is 17.1 Å². The molecule has 1 aliphatic heterocycles. The second-order valence-electron chi connectivity index (χ2n) is 8.29. The third kappa shape index (κ3) is 4.44. The fourth-order valence-electron chi connectivity index (χ4n) is 4.36. The molecular formula is C24H21F4N3O2. The summed E-state index contributed by atoms with van der Waals surface area (Å²) >= 11 is 0. The number of aromatic amines is 1. The number of ether oxygens (including phenoxy) is 1. The molecule has 0 bridgehead atoms. The van der Waals surface area contributed by atoms with Crippen LogP contribution in [0.25, 0.3) is 10.9 Å². The molecular weight excluding hydrogens is 438 g/mol. The van der Waals surface area contributed by atoms with Crippen molar-refractivity contribution in [3.8, 4) is 6.07 Å². The van der Waals surface area contributed by atoms with Crippen LogP contribution in [0.5, 0.6) is 0 Å². The number of rotatable bonds is 3. The molecule has 1 fully saturated rings. The van der Waals surface area contributed by atoms with Gasteiger partial charge in [-0.3, -0.25) is 4.79 Å². The fraction of sp³-hybridized carbons (Fsp3) is 0.333. The molecule has 2 heterocycles. The number of morpholine rings is 1. The Hall–Kier alpha value is -3.38. The van der Waals surface area contributed by atoms with Crippen molar-refractivity contribution in [1.82, 2.24) is 4.98 Å². The minimum atomic E-state index is -4.46. The predicted octanol–water partition coefficient (Wildman–Crippen LogP) is 4.76. The van der Waals surface area contributed by atoms with E-state index in [0.717, 1.165) is 18.2 Å². The Morgan fingerprint density at radius 2 is 1.82 bits per heavy atom. The molecule has 1 N–H and O–H groups in total. The van der Waals surface area contributed by atoms with Gasteiger partial charge in [0.1, 0.15) is 17.4 Å². The van der Waals surface area contributed by atoms with Crippen LogP contribution in [0.4, 0.5) is 23.2 Å². The van der Waals surface area contributed by atoms with E-state index in [9.17, 15) is 23.2 Å². The van der Waals surface area contributed by atoms with E-state index in [1.165, 1.54) is 18.3 Å². The molecule has 2 atom stereocenters. The Bertz CT molecular complexity index is 1280. The van der Waals surface area contributed by atoms with Crippen molar-refractivity contribution < 1.29 is 22.3 Å². The average Bonchev–Trinajstić information content (AvgIpc) is 2.73. The molecule has 1 saturated heterocycles. The minimum absolute atomic E-state index is 0.0200. The number of benzene rings is 2. The highest BCUT2D eigenvalue weighted by molar-refractivity contribution is 5.88.